The summed E-state index contributed by atoms with van der Waals surface area (Å²) >= 11 is 0. The highest BCUT2D eigenvalue weighted by atomic mass is 16.3. The predicted molar refractivity (Wildman–Crippen MR) is 35.5 cm³/mol. The van der Waals surface area contributed by atoms with Crippen LogP contribution in [0.3, 0.4) is 0 Å². The molecule has 0 aromatic rings. The molecule has 0 saturated heterocycles. The number of hydrogen-bond acceptors (Lipinski definition) is 4. The summed E-state index contributed by atoms with van der Waals surface area (Å²) in [6.07, 6.45) is 0. The summed E-state index contributed by atoms with van der Waals surface area (Å²) in [6, 6.07) is 0. The van der Waals surface area contributed by atoms with Crippen LogP contribution in [-0.2, 0) is 0 Å². The summed E-state index contributed by atoms with van der Waals surface area (Å²) in [4.78, 5) is 9.85. The van der Waals surface area contributed by atoms with Crippen molar-refractivity contribution in [2.75, 3.05) is 26.2 Å². The molecule has 0 fully saturated rings. The van der Waals surface area contributed by atoms with Gasteiger partial charge in [0.05, 0.1) is 18.4 Å². The minimum Gasteiger partial charge on any atom is -0.329 e. The number of hydrogen-bond donors (Lipinski definition) is 2. The normalized spacial score (nSPS) is 9.11. The van der Waals surface area contributed by atoms with E-state index in [2.05, 4.69) is 5.29 Å². The van der Waals surface area contributed by atoms with Gasteiger partial charge in [-0.15, -0.1) is 4.91 Å². The lowest BCUT2D eigenvalue weighted by atomic mass is 10.5. The summed E-state index contributed by atoms with van der Waals surface area (Å²) in [7, 11) is 0. The molecule has 0 aliphatic rings. The van der Waals surface area contributed by atoms with Crippen LogP contribution in [0.5, 0.6) is 0 Å². The van der Waals surface area contributed by atoms with E-state index in [1.54, 1.807) is 0 Å². The van der Waals surface area contributed by atoms with Crippen LogP contribution in [0.1, 0.15) is 0 Å². The lowest BCUT2D eigenvalue weighted by Gasteiger charge is -2.10. The Kier molecular flexibility index (Phi) is 5.04. The molecule has 0 aromatic heterocycles. The van der Waals surface area contributed by atoms with Crippen LogP contribution in [0.25, 0.3) is 0 Å². The molecule has 5 heteroatoms. The zero-order valence-electron chi connectivity index (χ0n) is 5.29. The molecule has 0 saturated carbocycles. The Hall–Kier alpha value is -0.680. The molecule has 0 rings (SSSR count). The first-order valence-electron chi connectivity index (χ1n) is 2.83. The maximum atomic E-state index is 9.85. The van der Waals surface area contributed by atoms with Gasteiger partial charge in [-0.25, -0.2) is 0 Å². The third-order valence-corrected chi connectivity index (χ3v) is 0.890. The molecular weight excluding hydrogens is 120 g/mol. The summed E-state index contributed by atoms with van der Waals surface area (Å²) in [5.74, 6) is 0. The van der Waals surface area contributed by atoms with Gasteiger partial charge in [-0.05, 0) is 0 Å². The first-order chi connectivity index (χ1) is 4.35. The molecule has 0 heterocycles. The second kappa shape index (κ2) is 5.46. The molecule has 0 amide bonds. The zero-order chi connectivity index (χ0) is 7.11. The van der Waals surface area contributed by atoms with E-state index >= 15 is 0 Å². The van der Waals surface area contributed by atoms with Gasteiger partial charge in [-0.3, -0.25) is 5.01 Å². The van der Waals surface area contributed by atoms with Crippen molar-refractivity contribution in [3.63, 3.8) is 0 Å². The topological polar surface area (TPSA) is 84.7 Å². The monoisotopic (exact) mass is 132 g/mol. The molecule has 0 radical (unpaired) electrons. The quantitative estimate of drug-likeness (QED) is 0.367. The summed E-state index contributed by atoms with van der Waals surface area (Å²) in [6.45, 7) is 1.85. The Balaban J connectivity index is 3.29. The number of nitroso groups, excluding NO2 is 1. The minimum atomic E-state index is 0.436. The minimum absolute atomic E-state index is 0.436. The van der Waals surface area contributed by atoms with Crippen molar-refractivity contribution in [3.8, 4) is 0 Å². The van der Waals surface area contributed by atoms with E-state index in [4.69, 9.17) is 11.5 Å². The fourth-order valence-electron chi connectivity index (χ4n) is 0.491. The van der Waals surface area contributed by atoms with Crippen molar-refractivity contribution in [2.24, 2.45) is 16.8 Å². The van der Waals surface area contributed by atoms with E-state index < -0.39 is 0 Å². The first-order valence-corrected chi connectivity index (χ1v) is 2.83. The average molecular weight is 132 g/mol. The zero-order valence-corrected chi connectivity index (χ0v) is 5.29. The van der Waals surface area contributed by atoms with Gasteiger partial charge in [0.15, 0.2) is 0 Å². The second-order valence-electron chi connectivity index (χ2n) is 1.61. The van der Waals surface area contributed by atoms with Gasteiger partial charge >= 0.3 is 0 Å². The Morgan fingerprint density at radius 2 is 1.67 bits per heavy atom. The molecule has 54 valence electrons. The van der Waals surface area contributed by atoms with Crippen molar-refractivity contribution >= 4 is 0 Å². The average Bonchev–Trinajstić information content (AvgIpc) is 1.88. The SMILES string of the molecule is NCCN(CCN)N=O. The van der Waals surface area contributed by atoms with Crippen LogP contribution < -0.4 is 11.5 Å². The lowest BCUT2D eigenvalue weighted by Crippen LogP contribution is -2.29. The maximum absolute atomic E-state index is 9.85. The van der Waals surface area contributed by atoms with E-state index in [-0.39, 0.29) is 0 Å². The summed E-state index contributed by atoms with van der Waals surface area (Å²) in [5.41, 5.74) is 10.3. The van der Waals surface area contributed by atoms with Gasteiger partial charge in [0.1, 0.15) is 0 Å². The van der Waals surface area contributed by atoms with E-state index in [0.29, 0.717) is 26.2 Å². The number of nitrogens with two attached hydrogens (primary N) is 2. The molecule has 0 aliphatic heterocycles. The Morgan fingerprint density at radius 3 is 1.89 bits per heavy atom. The van der Waals surface area contributed by atoms with Crippen LogP contribution in [-0.4, -0.2) is 31.2 Å². The largest absolute Gasteiger partial charge is 0.329 e. The maximum Gasteiger partial charge on any atom is 0.0524 e. The third kappa shape index (κ3) is 3.87. The van der Waals surface area contributed by atoms with Gasteiger partial charge in [-0.2, -0.15) is 0 Å². The highest BCUT2D eigenvalue weighted by Gasteiger charge is 1.96. The Bertz CT molecular complexity index is 71.0. The molecule has 0 atom stereocenters. The second-order valence-corrected chi connectivity index (χ2v) is 1.61. The Labute approximate surface area is 53.9 Å². The molecule has 0 spiro atoms. The standard InChI is InChI=1S/C4H12N4O/c5-1-3-8(7-9)4-2-6/h1-6H2. The number of nitrogens with zero attached hydrogens (tertiary/aromatic N) is 2. The molecule has 4 N–H and O–H groups in total. The third-order valence-electron chi connectivity index (χ3n) is 0.890. The van der Waals surface area contributed by atoms with Gasteiger partial charge < -0.3 is 11.5 Å². The molecule has 0 bridgehead atoms. The molecule has 9 heavy (non-hydrogen) atoms. The molecule has 5 nitrogen and oxygen atoms in total. The van der Waals surface area contributed by atoms with E-state index in [9.17, 15) is 4.91 Å². The van der Waals surface area contributed by atoms with Crippen LogP contribution in [0.4, 0.5) is 0 Å². The van der Waals surface area contributed by atoms with E-state index in [1.807, 2.05) is 0 Å². The number of rotatable bonds is 5. The van der Waals surface area contributed by atoms with Gasteiger partial charge in [-0.1, -0.05) is 0 Å². The predicted octanol–water partition coefficient (Wildman–Crippen LogP) is -1.11. The highest BCUT2D eigenvalue weighted by molar-refractivity contribution is 4.50. The van der Waals surface area contributed by atoms with Crippen LogP contribution in [0, 0.1) is 4.91 Å². The molecular formula is C4H12N4O. The summed E-state index contributed by atoms with van der Waals surface area (Å²) in [5, 5.41) is 4.00. The Morgan fingerprint density at radius 1 is 1.22 bits per heavy atom. The van der Waals surface area contributed by atoms with Gasteiger partial charge in [0.25, 0.3) is 0 Å². The van der Waals surface area contributed by atoms with Crippen LogP contribution in [0.15, 0.2) is 5.29 Å². The van der Waals surface area contributed by atoms with Crippen molar-refractivity contribution in [1.29, 1.82) is 0 Å². The van der Waals surface area contributed by atoms with Gasteiger partial charge in [0, 0.05) is 13.1 Å². The van der Waals surface area contributed by atoms with Crippen molar-refractivity contribution in [3.05, 3.63) is 4.91 Å². The highest BCUT2D eigenvalue weighted by Crippen LogP contribution is 1.82. The van der Waals surface area contributed by atoms with Gasteiger partial charge in [0.2, 0.25) is 0 Å². The van der Waals surface area contributed by atoms with Crippen molar-refractivity contribution < 1.29 is 0 Å². The molecule has 0 unspecified atom stereocenters. The van der Waals surface area contributed by atoms with Crippen LogP contribution in [0.2, 0.25) is 0 Å². The first kappa shape index (κ1) is 8.32. The smallest absolute Gasteiger partial charge is 0.0524 e. The van der Waals surface area contributed by atoms with Crippen molar-refractivity contribution in [2.45, 2.75) is 0 Å². The molecule has 0 aromatic carbocycles. The van der Waals surface area contributed by atoms with E-state index in [1.165, 1.54) is 5.01 Å². The summed E-state index contributed by atoms with van der Waals surface area (Å²) < 4.78 is 0. The van der Waals surface area contributed by atoms with E-state index in [0.717, 1.165) is 0 Å². The lowest BCUT2D eigenvalue weighted by molar-refractivity contribution is 0.300. The molecule has 0 aliphatic carbocycles. The fourth-order valence-corrected chi connectivity index (χ4v) is 0.491. The van der Waals surface area contributed by atoms with Crippen LogP contribution >= 0.6 is 0 Å². The fraction of sp³-hybridized carbons (Fsp3) is 1.00. The van der Waals surface area contributed by atoms with Crippen molar-refractivity contribution in [1.82, 2.24) is 5.01 Å².